The Hall–Kier alpha value is -2.55. The lowest BCUT2D eigenvalue weighted by atomic mass is 9.95. The van der Waals surface area contributed by atoms with Gasteiger partial charge in [-0.15, -0.1) is 0 Å². The van der Waals surface area contributed by atoms with E-state index in [2.05, 4.69) is 22.1 Å². The minimum absolute atomic E-state index is 0.219. The van der Waals surface area contributed by atoms with Crippen molar-refractivity contribution in [3.8, 4) is 0 Å². The number of ketones is 1. The number of rotatable bonds is 5. The van der Waals surface area contributed by atoms with E-state index in [1.807, 2.05) is 44.3 Å². The quantitative estimate of drug-likeness (QED) is 0.668. The third-order valence-corrected chi connectivity index (χ3v) is 4.40. The van der Waals surface area contributed by atoms with Crippen molar-refractivity contribution in [2.24, 2.45) is 0 Å². The molecule has 0 spiro atoms. The van der Waals surface area contributed by atoms with Crippen LogP contribution in [0.5, 0.6) is 0 Å². The van der Waals surface area contributed by atoms with Crippen LogP contribution in [0.25, 0.3) is 10.9 Å². The van der Waals surface area contributed by atoms with Gasteiger partial charge < -0.3 is 0 Å². The van der Waals surface area contributed by atoms with E-state index in [1.165, 1.54) is 23.8 Å². The Bertz CT molecular complexity index is 854. The zero-order valence-electron chi connectivity index (χ0n) is 14.9. The molecule has 0 atom stereocenters. The highest BCUT2D eigenvalue weighted by Crippen LogP contribution is 2.44. The van der Waals surface area contributed by atoms with Crippen LogP contribution in [0, 0.1) is 0 Å². The van der Waals surface area contributed by atoms with Gasteiger partial charge in [-0.25, -0.2) is 0 Å². The van der Waals surface area contributed by atoms with E-state index < -0.39 is 0 Å². The maximum atomic E-state index is 12.5. The molecule has 1 saturated carbocycles. The monoisotopic (exact) mass is 332 g/mol. The summed E-state index contributed by atoms with van der Waals surface area (Å²) in [5.74, 6) is 0.820. The minimum Gasteiger partial charge on any atom is -0.299 e. The molecule has 4 rings (SSSR count). The molecule has 1 aliphatic carbocycles. The highest BCUT2D eigenvalue weighted by Gasteiger charge is 2.28. The van der Waals surface area contributed by atoms with Crippen LogP contribution in [0.3, 0.4) is 0 Å². The van der Waals surface area contributed by atoms with Gasteiger partial charge >= 0.3 is 0 Å². The number of aromatic nitrogens is 2. The van der Waals surface area contributed by atoms with Crippen LogP contribution < -0.4 is 0 Å². The molecule has 0 N–H and O–H groups in total. The van der Waals surface area contributed by atoms with E-state index >= 15 is 0 Å². The average Bonchev–Trinajstić information content (AvgIpc) is 3.49. The first-order chi connectivity index (χ1) is 12.3. The molecule has 1 aromatic carbocycles. The second-order valence-electron chi connectivity index (χ2n) is 6.24. The molecule has 128 valence electrons. The molecule has 0 aliphatic heterocycles. The number of Topliss-reactive ketones (excluding diaryl/α,β-unsaturated/α-hetero) is 1. The molecule has 0 unspecified atom stereocenters. The Labute approximate surface area is 149 Å². The van der Waals surface area contributed by atoms with Gasteiger partial charge in [0.25, 0.3) is 0 Å². The Morgan fingerprint density at radius 1 is 1.04 bits per heavy atom. The van der Waals surface area contributed by atoms with Gasteiger partial charge in [-0.3, -0.25) is 14.8 Å². The lowest BCUT2D eigenvalue weighted by molar-refractivity contribution is -0.117. The summed E-state index contributed by atoms with van der Waals surface area (Å²) in [6.45, 7) is 4.00. The number of carbonyl (C=O) groups excluding carboxylic acids is 1. The van der Waals surface area contributed by atoms with Crippen molar-refractivity contribution in [2.45, 2.75) is 45.4 Å². The number of carbonyl (C=O) groups is 1. The molecule has 2 heterocycles. The maximum Gasteiger partial charge on any atom is 0.141 e. The first kappa shape index (κ1) is 17.3. The van der Waals surface area contributed by atoms with Gasteiger partial charge in [0.1, 0.15) is 5.78 Å². The molecule has 3 aromatic rings. The fourth-order valence-corrected chi connectivity index (χ4v) is 3.20. The lowest BCUT2D eigenvalue weighted by Gasteiger charge is -2.11. The summed E-state index contributed by atoms with van der Waals surface area (Å²) in [5.41, 5.74) is 4.44. The van der Waals surface area contributed by atoms with E-state index in [-0.39, 0.29) is 5.78 Å². The fourth-order valence-electron chi connectivity index (χ4n) is 3.20. The number of fused-ring (bicyclic) bond motifs is 1. The summed E-state index contributed by atoms with van der Waals surface area (Å²) in [7, 11) is 0. The number of hydrogen-bond acceptors (Lipinski definition) is 3. The Morgan fingerprint density at radius 2 is 1.84 bits per heavy atom. The van der Waals surface area contributed by atoms with Crippen molar-refractivity contribution in [2.75, 3.05) is 0 Å². The van der Waals surface area contributed by atoms with Crippen molar-refractivity contribution in [1.29, 1.82) is 0 Å². The summed E-state index contributed by atoms with van der Waals surface area (Å²) < 4.78 is 0. The number of pyridine rings is 2. The summed E-state index contributed by atoms with van der Waals surface area (Å²) in [6.07, 6.45) is 8.72. The van der Waals surface area contributed by atoms with E-state index in [9.17, 15) is 4.79 Å². The van der Waals surface area contributed by atoms with Gasteiger partial charge in [0, 0.05) is 36.8 Å². The molecule has 1 fully saturated rings. The predicted molar refractivity (Wildman–Crippen MR) is 102 cm³/mol. The van der Waals surface area contributed by atoms with Gasteiger partial charge in [0.05, 0.1) is 5.52 Å². The maximum absolute atomic E-state index is 12.5. The topological polar surface area (TPSA) is 42.9 Å². The lowest BCUT2D eigenvalue weighted by Crippen LogP contribution is -2.09. The number of nitrogens with zero attached hydrogens (tertiary/aromatic N) is 2. The first-order valence-corrected chi connectivity index (χ1v) is 9.08. The van der Waals surface area contributed by atoms with Gasteiger partial charge in [-0.1, -0.05) is 38.1 Å². The standard InChI is InChI=1S/C20H18N2O.C2H6/c23-17(10-14-4-3-9-21-12-14)11-16-13-22-19-6-2-1-5-18(19)20(16)15-7-8-15;1-2/h1-6,9,12-13,15H,7-8,10-11H2;1-2H3. The van der Waals surface area contributed by atoms with Crippen LogP contribution in [-0.2, 0) is 17.6 Å². The molecule has 0 saturated heterocycles. The molecule has 25 heavy (non-hydrogen) atoms. The van der Waals surface area contributed by atoms with Gasteiger partial charge in [-0.2, -0.15) is 0 Å². The Balaban J connectivity index is 0.000000880. The Kier molecular flexibility index (Phi) is 5.54. The van der Waals surface area contributed by atoms with E-state index in [0.717, 1.165) is 16.6 Å². The van der Waals surface area contributed by atoms with Crippen LogP contribution in [0.2, 0.25) is 0 Å². The second-order valence-corrected chi connectivity index (χ2v) is 6.24. The SMILES string of the molecule is CC.O=C(Cc1cccnc1)Cc1cnc2ccccc2c1C1CC1. The summed E-state index contributed by atoms with van der Waals surface area (Å²) in [5, 5.41) is 1.21. The fraction of sp³-hybridized carbons (Fsp3) is 0.318. The predicted octanol–water partition coefficient (Wildman–Crippen LogP) is 4.89. The molecule has 3 heteroatoms. The summed E-state index contributed by atoms with van der Waals surface area (Å²) in [6, 6.07) is 12.1. The molecular formula is C22H24N2O. The highest BCUT2D eigenvalue weighted by molar-refractivity contribution is 5.88. The van der Waals surface area contributed by atoms with Crippen LogP contribution in [-0.4, -0.2) is 15.8 Å². The molecular weight excluding hydrogens is 308 g/mol. The van der Waals surface area contributed by atoms with Gasteiger partial charge in [0.15, 0.2) is 0 Å². The molecule has 1 aliphatic rings. The van der Waals surface area contributed by atoms with Crippen molar-refractivity contribution in [3.63, 3.8) is 0 Å². The molecule has 2 aromatic heterocycles. The summed E-state index contributed by atoms with van der Waals surface area (Å²) in [4.78, 5) is 21.1. The van der Waals surface area contributed by atoms with Crippen LogP contribution in [0.15, 0.2) is 55.0 Å². The zero-order valence-corrected chi connectivity index (χ0v) is 14.9. The molecule has 0 bridgehead atoms. The van der Waals surface area contributed by atoms with E-state index in [0.29, 0.717) is 18.8 Å². The third-order valence-electron chi connectivity index (χ3n) is 4.40. The van der Waals surface area contributed by atoms with Crippen LogP contribution in [0.1, 0.15) is 49.3 Å². The van der Waals surface area contributed by atoms with Crippen molar-refractivity contribution >= 4 is 16.7 Å². The number of hydrogen-bond donors (Lipinski definition) is 0. The van der Waals surface area contributed by atoms with Gasteiger partial charge in [-0.05, 0) is 47.6 Å². The van der Waals surface area contributed by atoms with Crippen molar-refractivity contribution in [3.05, 3.63) is 71.7 Å². The minimum atomic E-state index is 0.219. The number of para-hydroxylation sites is 1. The van der Waals surface area contributed by atoms with Crippen LogP contribution in [0.4, 0.5) is 0 Å². The third kappa shape index (κ3) is 4.11. The van der Waals surface area contributed by atoms with E-state index in [1.54, 1.807) is 12.4 Å². The van der Waals surface area contributed by atoms with Crippen molar-refractivity contribution in [1.82, 2.24) is 9.97 Å². The second kappa shape index (κ2) is 8.02. The summed E-state index contributed by atoms with van der Waals surface area (Å²) >= 11 is 0. The largest absolute Gasteiger partial charge is 0.299 e. The first-order valence-electron chi connectivity index (χ1n) is 9.08. The molecule has 3 nitrogen and oxygen atoms in total. The molecule has 0 radical (unpaired) electrons. The zero-order chi connectivity index (χ0) is 17.6. The Morgan fingerprint density at radius 3 is 2.56 bits per heavy atom. The normalized spacial score (nSPS) is 13.2. The van der Waals surface area contributed by atoms with Crippen LogP contribution >= 0.6 is 0 Å². The smallest absolute Gasteiger partial charge is 0.141 e. The molecule has 0 amide bonds. The van der Waals surface area contributed by atoms with Gasteiger partial charge in [0.2, 0.25) is 0 Å². The van der Waals surface area contributed by atoms with Crippen molar-refractivity contribution < 1.29 is 4.79 Å². The average molecular weight is 332 g/mol. The number of benzene rings is 1. The van der Waals surface area contributed by atoms with E-state index in [4.69, 9.17) is 0 Å². The highest BCUT2D eigenvalue weighted by atomic mass is 16.1.